The molecule has 0 aliphatic heterocycles. The Morgan fingerprint density at radius 2 is 2.43 bits per heavy atom. The van der Waals surface area contributed by atoms with Crippen molar-refractivity contribution in [2.45, 2.75) is 13.3 Å². The minimum Gasteiger partial charge on any atom is -0.352 e. The largest absolute Gasteiger partial charge is 0.352 e. The Kier molecular flexibility index (Phi) is 4.86. The fourth-order valence-electron chi connectivity index (χ4n) is 1.09. The summed E-state index contributed by atoms with van der Waals surface area (Å²) in [6, 6.07) is 3.57. The quantitative estimate of drug-likeness (QED) is 0.525. The van der Waals surface area contributed by atoms with Crippen molar-refractivity contribution in [2.24, 2.45) is 0 Å². The van der Waals surface area contributed by atoms with Gasteiger partial charge in [0.1, 0.15) is 0 Å². The highest BCUT2D eigenvalue weighted by atomic mass is 127. The normalized spacial score (nSPS) is 9.86. The molecule has 0 unspecified atom stereocenters. The van der Waals surface area contributed by atoms with Gasteiger partial charge in [-0.3, -0.25) is 9.78 Å². The summed E-state index contributed by atoms with van der Waals surface area (Å²) >= 11 is 2.29. The van der Waals surface area contributed by atoms with E-state index in [9.17, 15) is 4.79 Å². The zero-order valence-electron chi connectivity index (χ0n) is 8.09. The van der Waals surface area contributed by atoms with Crippen molar-refractivity contribution in [1.82, 2.24) is 10.3 Å². The van der Waals surface area contributed by atoms with Crippen molar-refractivity contribution in [1.29, 1.82) is 0 Å². The minimum atomic E-state index is -0.0274. The van der Waals surface area contributed by atoms with E-state index in [4.69, 9.17) is 0 Å². The number of alkyl halides is 1. The third-order valence-corrected chi connectivity index (χ3v) is 2.61. The second-order valence-electron chi connectivity index (χ2n) is 2.93. The van der Waals surface area contributed by atoms with Crippen LogP contribution in [0.4, 0.5) is 0 Å². The lowest BCUT2D eigenvalue weighted by molar-refractivity contribution is 0.0953. The van der Waals surface area contributed by atoms with Gasteiger partial charge in [-0.05, 0) is 25.5 Å². The number of carbonyl (C=O) groups excluding carboxylic acids is 1. The fraction of sp³-hybridized carbons (Fsp3) is 0.400. The Labute approximate surface area is 97.4 Å². The lowest BCUT2D eigenvalue weighted by Crippen LogP contribution is -2.25. The van der Waals surface area contributed by atoms with Crippen LogP contribution in [0.15, 0.2) is 18.3 Å². The Morgan fingerprint density at radius 1 is 1.64 bits per heavy atom. The van der Waals surface area contributed by atoms with Gasteiger partial charge in [-0.1, -0.05) is 22.6 Å². The molecule has 0 saturated carbocycles. The van der Waals surface area contributed by atoms with Crippen LogP contribution >= 0.6 is 22.6 Å². The first-order chi connectivity index (χ1) is 6.75. The number of pyridine rings is 1. The van der Waals surface area contributed by atoms with E-state index in [1.165, 1.54) is 0 Å². The smallest absolute Gasteiger partial charge is 0.253 e. The number of nitrogens with one attached hydrogen (secondary N) is 1. The summed E-state index contributed by atoms with van der Waals surface area (Å²) in [6.07, 6.45) is 2.70. The van der Waals surface area contributed by atoms with Crippen molar-refractivity contribution in [3.05, 3.63) is 29.6 Å². The number of aryl methyl sites for hydroxylation is 1. The van der Waals surface area contributed by atoms with Crippen molar-refractivity contribution >= 4 is 28.5 Å². The molecule has 76 valence electrons. The number of carbonyl (C=O) groups is 1. The average Bonchev–Trinajstić information content (AvgIpc) is 2.18. The van der Waals surface area contributed by atoms with E-state index < -0.39 is 0 Å². The molecule has 0 bridgehead atoms. The summed E-state index contributed by atoms with van der Waals surface area (Å²) in [5, 5.41) is 2.86. The van der Waals surface area contributed by atoms with Crippen molar-refractivity contribution in [2.75, 3.05) is 11.0 Å². The van der Waals surface area contributed by atoms with E-state index in [0.29, 0.717) is 5.56 Å². The van der Waals surface area contributed by atoms with Crippen LogP contribution in [-0.2, 0) is 0 Å². The first-order valence-corrected chi connectivity index (χ1v) is 6.04. The van der Waals surface area contributed by atoms with Gasteiger partial charge in [-0.25, -0.2) is 0 Å². The maximum atomic E-state index is 11.6. The Bertz CT molecular complexity index is 315. The number of hydrogen-bond donors (Lipinski definition) is 1. The van der Waals surface area contributed by atoms with Crippen LogP contribution in [-0.4, -0.2) is 21.9 Å². The van der Waals surface area contributed by atoms with Gasteiger partial charge in [0.15, 0.2) is 0 Å². The molecular formula is C10H13IN2O. The third-order valence-electron chi connectivity index (χ3n) is 1.85. The number of rotatable bonds is 4. The molecule has 1 heterocycles. The van der Waals surface area contributed by atoms with Gasteiger partial charge < -0.3 is 5.32 Å². The molecule has 14 heavy (non-hydrogen) atoms. The van der Waals surface area contributed by atoms with Crippen LogP contribution in [0, 0.1) is 6.92 Å². The molecule has 0 radical (unpaired) electrons. The fourth-order valence-corrected chi connectivity index (χ4v) is 1.47. The average molecular weight is 304 g/mol. The lowest BCUT2D eigenvalue weighted by atomic mass is 10.2. The maximum absolute atomic E-state index is 11.6. The summed E-state index contributed by atoms with van der Waals surface area (Å²) in [4.78, 5) is 15.7. The molecule has 1 aromatic heterocycles. The molecule has 0 aliphatic rings. The van der Waals surface area contributed by atoms with Gasteiger partial charge in [0, 0.05) is 22.9 Å². The second kappa shape index (κ2) is 5.95. The predicted octanol–water partition coefficient (Wildman–Crippen LogP) is 1.94. The topological polar surface area (TPSA) is 42.0 Å². The van der Waals surface area contributed by atoms with Gasteiger partial charge in [0.2, 0.25) is 0 Å². The van der Waals surface area contributed by atoms with E-state index in [0.717, 1.165) is 23.1 Å². The van der Waals surface area contributed by atoms with E-state index >= 15 is 0 Å². The number of halogens is 1. The highest BCUT2D eigenvalue weighted by Gasteiger charge is 2.07. The van der Waals surface area contributed by atoms with Crippen LogP contribution in [0.5, 0.6) is 0 Å². The molecule has 0 fully saturated rings. The molecule has 0 spiro atoms. The summed E-state index contributed by atoms with van der Waals surface area (Å²) < 4.78 is 1.06. The minimum absolute atomic E-state index is 0.0274. The van der Waals surface area contributed by atoms with Crippen LogP contribution < -0.4 is 5.32 Å². The van der Waals surface area contributed by atoms with Crippen molar-refractivity contribution in [3.8, 4) is 0 Å². The Morgan fingerprint density at radius 3 is 3.07 bits per heavy atom. The van der Waals surface area contributed by atoms with E-state index in [-0.39, 0.29) is 5.91 Å². The van der Waals surface area contributed by atoms with Crippen LogP contribution in [0.1, 0.15) is 22.5 Å². The van der Waals surface area contributed by atoms with Gasteiger partial charge in [0.05, 0.1) is 5.56 Å². The number of amides is 1. The molecule has 4 heteroatoms. The molecule has 1 amide bonds. The van der Waals surface area contributed by atoms with Crippen molar-refractivity contribution in [3.63, 3.8) is 0 Å². The molecule has 0 aliphatic carbocycles. The highest BCUT2D eigenvalue weighted by molar-refractivity contribution is 14.1. The number of nitrogens with zero attached hydrogens (tertiary/aromatic N) is 1. The van der Waals surface area contributed by atoms with E-state index in [1.807, 2.05) is 6.92 Å². The Hall–Kier alpha value is -0.650. The molecule has 0 saturated heterocycles. The molecule has 3 nitrogen and oxygen atoms in total. The van der Waals surface area contributed by atoms with Gasteiger partial charge in [-0.15, -0.1) is 0 Å². The van der Waals surface area contributed by atoms with Crippen molar-refractivity contribution < 1.29 is 4.79 Å². The van der Waals surface area contributed by atoms with Crippen LogP contribution in [0.25, 0.3) is 0 Å². The lowest BCUT2D eigenvalue weighted by Gasteiger charge is -2.05. The zero-order valence-corrected chi connectivity index (χ0v) is 10.2. The SMILES string of the molecule is Cc1ncccc1C(=O)NCCCI. The summed E-state index contributed by atoms with van der Waals surface area (Å²) in [5.41, 5.74) is 1.44. The summed E-state index contributed by atoms with van der Waals surface area (Å²) in [6.45, 7) is 2.57. The third kappa shape index (κ3) is 3.25. The summed E-state index contributed by atoms with van der Waals surface area (Å²) in [7, 11) is 0. The molecule has 1 rings (SSSR count). The van der Waals surface area contributed by atoms with Crippen LogP contribution in [0.2, 0.25) is 0 Å². The standard InChI is InChI=1S/C10H13IN2O/c1-8-9(4-2-6-12-8)10(14)13-7-3-5-11/h2,4,6H,3,5,7H2,1H3,(H,13,14). The maximum Gasteiger partial charge on any atom is 0.253 e. The number of aromatic nitrogens is 1. The number of hydrogen-bond acceptors (Lipinski definition) is 2. The molecular weight excluding hydrogens is 291 g/mol. The van der Waals surface area contributed by atoms with Gasteiger partial charge in [-0.2, -0.15) is 0 Å². The zero-order chi connectivity index (χ0) is 10.4. The van der Waals surface area contributed by atoms with Gasteiger partial charge in [0.25, 0.3) is 5.91 Å². The molecule has 0 atom stereocenters. The highest BCUT2D eigenvalue weighted by Crippen LogP contribution is 2.02. The molecule has 1 aromatic rings. The monoisotopic (exact) mass is 304 g/mol. The summed E-state index contributed by atoms with van der Waals surface area (Å²) in [5.74, 6) is -0.0274. The van der Waals surface area contributed by atoms with E-state index in [1.54, 1.807) is 18.3 Å². The van der Waals surface area contributed by atoms with Crippen LogP contribution in [0.3, 0.4) is 0 Å². The predicted molar refractivity (Wildman–Crippen MR) is 64.8 cm³/mol. The Balaban J connectivity index is 2.56. The molecule has 1 N–H and O–H groups in total. The first-order valence-electron chi connectivity index (χ1n) is 4.51. The van der Waals surface area contributed by atoms with Gasteiger partial charge >= 0.3 is 0 Å². The second-order valence-corrected chi connectivity index (χ2v) is 4.01. The first kappa shape index (κ1) is 11.4. The molecule has 0 aromatic carbocycles. The van der Waals surface area contributed by atoms with E-state index in [2.05, 4.69) is 32.9 Å².